The zero-order chi connectivity index (χ0) is 18.5. The van der Waals surface area contributed by atoms with Crippen molar-refractivity contribution in [2.24, 2.45) is 0 Å². The lowest BCUT2D eigenvalue weighted by Crippen LogP contribution is -2.29. The van der Waals surface area contributed by atoms with Crippen LogP contribution in [0.2, 0.25) is 0 Å². The SMILES string of the molecule is COc1ccccc1NC(=O)c1cccn(Cc2ccc(C)cc2)c1=O. The van der Waals surface area contributed by atoms with Crippen LogP contribution in [0.25, 0.3) is 0 Å². The predicted molar refractivity (Wildman–Crippen MR) is 102 cm³/mol. The topological polar surface area (TPSA) is 60.3 Å². The van der Waals surface area contributed by atoms with Crippen molar-refractivity contribution in [3.8, 4) is 5.75 Å². The molecule has 132 valence electrons. The van der Waals surface area contributed by atoms with Crippen LogP contribution in [0, 0.1) is 6.92 Å². The van der Waals surface area contributed by atoms with Gasteiger partial charge in [-0.15, -0.1) is 0 Å². The van der Waals surface area contributed by atoms with E-state index in [0.717, 1.165) is 11.1 Å². The second kappa shape index (κ2) is 7.70. The van der Waals surface area contributed by atoms with Crippen LogP contribution in [0.5, 0.6) is 5.75 Å². The van der Waals surface area contributed by atoms with Gasteiger partial charge in [0.25, 0.3) is 11.5 Å². The van der Waals surface area contributed by atoms with E-state index in [1.54, 1.807) is 30.5 Å². The van der Waals surface area contributed by atoms with Gasteiger partial charge in [-0.2, -0.15) is 0 Å². The Morgan fingerprint density at radius 2 is 1.77 bits per heavy atom. The summed E-state index contributed by atoms with van der Waals surface area (Å²) in [6.07, 6.45) is 1.68. The standard InChI is InChI=1S/C21H20N2O3/c1-15-9-11-16(12-10-15)14-23-13-5-6-17(21(23)25)20(24)22-18-7-3-4-8-19(18)26-2/h3-13H,14H2,1-2H3,(H,22,24). The molecule has 5 nitrogen and oxygen atoms in total. The number of methoxy groups -OCH3 is 1. The number of nitrogens with one attached hydrogen (secondary N) is 1. The van der Waals surface area contributed by atoms with Gasteiger partial charge in [-0.3, -0.25) is 9.59 Å². The van der Waals surface area contributed by atoms with E-state index in [2.05, 4.69) is 5.32 Å². The Bertz CT molecular complexity index is 975. The fraction of sp³-hybridized carbons (Fsp3) is 0.143. The van der Waals surface area contributed by atoms with Gasteiger partial charge in [0.15, 0.2) is 0 Å². The molecule has 0 radical (unpaired) electrons. The van der Waals surface area contributed by atoms with E-state index in [9.17, 15) is 9.59 Å². The highest BCUT2D eigenvalue weighted by Gasteiger charge is 2.14. The zero-order valence-corrected chi connectivity index (χ0v) is 14.7. The highest BCUT2D eigenvalue weighted by Crippen LogP contribution is 2.23. The summed E-state index contributed by atoms with van der Waals surface area (Å²) in [7, 11) is 1.53. The summed E-state index contributed by atoms with van der Waals surface area (Å²) < 4.78 is 6.76. The van der Waals surface area contributed by atoms with Crippen LogP contribution in [0.3, 0.4) is 0 Å². The fourth-order valence-electron chi connectivity index (χ4n) is 2.66. The third-order valence-corrected chi connectivity index (χ3v) is 4.09. The molecule has 26 heavy (non-hydrogen) atoms. The Kier molecular flexibility index (Phi) is 5.17. The number of carbonyl (C=O) groups excluding carboxylic acids is 1. The minimum absolute atomic E-state index is 0.0884. The predicted octanol–water partition coefficient (Wildman–Crippen LogP) is 3.47. The summed E-state index contributed by atoms with van der Waals surface area (Å²) >= 11 is 0. The zero-order valence-electron chi connectivity index (χ0n) is 14.7. The monoisotopic (exact) mass is 348 g/mol. The Balaban J connectivity index is 1.85. The molecule has 1 aromatic heterocycles. The van der Waals surface area contributed by atoms with Gasteiger partial charge in [-0.1, -0.05) is 42.0 Å². The molecule has 3 rings (SSSR count). The Morgan fingerprint density at radius 3 is 2.50 bits per heavy atom. The van der Waals surface area contributed by atoms with E-state index in [-0.39, 0.29) is 11.1 Å². The molecule has 0 atom stereocenters. The molecule has 0 aliphatic carbocycles. The van der Waals surface area contributed by atoms with E-state index in [0.29, 0.717) is 18.0 Å². The van der Waals surface area contributed by atoms with Gasteiger partial charge >= 0.3 is 0 Å². The molecule has 0 spiro atoms. The fourth-order valence-corrected chi connectivity index (χ4v) is 2.66. The van der Waals surface area contributed by atoms with Crippen LogP contribution in [0.15, 0.2) is 71.7 Å². The van der Waals surface area contributed by atoms with Crippen molar-refractivity contribution in [3.63, 3.8) is 0 Å². The van der Waals surface area contributed by atoms with E-state index in [1.165, 1.54) is 17.7 Å². The molecule has 0 bridgehead atoms. The maximum Gasteiger partial charge on any atom is 0.263 e. The normalized spacial score (nSPS) is 10.4. The smallest absolute Gasteiger partial charge is 0.263 e. The minimum Gasteiger partial charge on any atom is -0.495 e. The quantitative estimate of drug-likeness (QED) is 0.768. The first-order valence-corrected chi connectivity index (χ1v) is 8.28. The molecule has 1 N–H and O–H groups in total. The number of hydrogen-bond donors (Lipinski definition) is 1. The number of para-hydroxylation sites is 2. The number of nitrogens with zero attached hydrogens (tertiary/aromatic N) is 1. The molecular formula is C21H20N2O3. The van der Waals surface area contributed by atoms with Crippen molar-refractivity contribution < 1.29 is 9.53 Å². The van der Waals surface area contributed by atoms with Gasteiger partial charge in [0.2, 0.25) is 0 Å². The molecule has 0 fully saturated rings. The number of benzene rings is 2. The van der Waals surface area contributed by atoms with E-state index in [4.69, 9.17) is 4.74 Å². The molecule has 2 aromatic carbocycles. The number of ether oxygens (including phenoxy) is 1. The molecule has 1 amide bonds. The number of anilines is 1. The largest absolute Gasteiger partial charge is 0.495 e. The van der Waals surface area contributed by atoms with E-state index >= 15 is 0 Å². The highest BCUT2D eigenvalue weighted by atomic mass is 16.5. The van der Waals surface area contributed by atoms with Gasteiger partial charge in [0, 0.05) is 6.20 Å². The number of amides is 1. The van der Waals surface area contributed by atoms with Crippen LogP contribution < -0.4 is 15.6 Å². The van der Waals surface area contributed by atoms with Crippen LogP contribution in [-0.4, -0.2) is 17.6 Å². The number of aromatic nitrogens is 1. The lowest BCUT2D eigenvalue weighted by Gasteiger charge is -2.11. The van der Waals surface area contributed by atoms with Crippen molar-refractivity contribution >= 4 is 11.6 Å². The Morgan fingerprint density at radius 1 is 1.04 bits per heavy atom. The molecule has 0 unspecified atom stereocenters. The average Bonchev–Trinajstić information content (AvgIpc) is 2.65. The first-order valence-electron chi connectivity index (χ1n) is 8.28. The third-order valence-electron chi connectivity index (χ3n) is 4.09. The van der Waals surface area contributed by atoms with Crippen LogP contribution in [0.4, 0.5) is 5.69 Å². The van der Waals surface area contributed by atoms with Gasteiger partial charge in [0.05, 0.1) is 19.3 Å². The van der Waals surface area contributed by atoms with Crippen LogP contribution >= 0.6 is 0 Å². The lowest BCUT2D eigenvalue weighted by atomic mass is 10.1. The number of carbonyl (C=O) groups is 1. The Hall–Kier alpha value is -3.34. The second-order valence-electron chi connectivity index (χ2n) is 5.99. The van der Waals surface area contributed by atoms with Crippen LogP contribution in [0.1, 0.15) is 21.5 Å². The third kappa shape index (κ3) is 3.83. The summed E-state index contributed by atoms with van der Waals surface area (Å²) in [6.45, 7) is 2.42. The molecule has 5 heteroatoms. The summed E-state index contributed by atoms with van der Waals surface area (Å²) in [5.74, 6) is 0.0783. The second-order valence-corrected chi connectivity index (χ2v) is 5.99. The maximum absolute atomic E-state index is 12.7. The number of pyridine rings is 1. The molecule has 0 aliphatic rings. The summed E-state index contributed by atoms with van der Waals surface area (Å²) in [4.78, 5) is 25.3. The molecule has 0 saturated heterocycles. The van der Waals surface area contributed by atoms with Gasteiger partial charge < -0.3 is 14.6 Å². The van der Waals surface area contributed by atoms with Gasteiger partial charge in [0.1, 0.15) is 11.3 Å². The summed E-state index contributed by atoms with van der Waals surface area (Å²) in [5, 5.41) is 2.74. The summed E-state index contributed by atoms with van der Waals surface area (Å²) in [6, 6.07) is 18.3. The maximum atomic E-state index is 12.7. The average molecular weight is 348 g/mol. The lowest BCUT2D eigenvalue weighted by molar-refractivity contribution is 0.102. The van der Waals surface area contributed by atoms with Gasteiger partial charge in [-0.25, -0.2) is 0 Å². The summed E-state index contributed by atoms with van der Waals surface area (Å²) in [5.41, 5.74) is 2.44. The van der Waals surface area contributed by atoms with E-state index in [1.807, 2.05) is 37.3 Å². The molecule has 0 aliphatic heterocycles. The highest BCUT2D eigenvalue weighted by molar-refractivity contribution is 6.04. The van der Waals surface area contributed by atoms with E-state index < -0.39 is 5.91 Å². The molecular weight excluding hydrogens is 328 g/mol. The molecule has 0 saturated carbocycles. The van der Waals surface area contributed by atoms with Crippen molar-refractivity contribution in [3.05, 3.63) is 93.9 Å². The number of aryl methyl sites for hydroxylation is 1. The molecule has 3 aromatic rings. The van der Waals surface area contributed by atoms with Crippen LogP contribution in [-0.2, 0) is 6.54 Å². The van der Waals surface area contributed by atoms with Crippen molar-refractivity contribution in [2.45, 2.75) is 13.5 Å². The number of hydrogen-bond acceptors (Lipinski definition) is 3. The first-order chi connectivity index (χ1) is 12.6. The van der Waals surface area contributed by atoms with Crippen molar-refractivity contribution in [2.75, 3.05) is 12.4 Å². The Labute approximate surface area is 151 Å². The minimum atomic E-state index is -0.460. The first kappa shape index (κ1) is 17.5. The number of rotatable bonds is 5. The van der Waals surface area contributed by atoms with Crippen molar-refractivity contribution in [1.82, 2.24) is 4.57 Å². The van der Waals surface area contributed by atoms with Gasteiger partial charge in [-0.05, 0) is 36.8 Å². The van der Waals surface area contributed by atoms with Crippen molar-refractivity contribution in [1.29, 1.82) is 0 Å². The molecule has 1 heterocycles.